The van der Waals surface area contributed by atoms with Crippen molar-refractivity contribution >= 4 is 44.4 Å². The van der Waals surface area contributed by atoms with E-state index in [9.17, 15) is 10.5 Å². The van der Waals surface area contributed by atoms with Crippen molar-refractivity contribution in [2.45, 2.75) is 18.8 Å². The summed E-state index contributed by atoms with van der Waals surface area (Å²) in [5, 5.41) is 24.1. The van der Waals surface area contributed by atoms with Crippen molar-refractivity contribution in [3.63, 3.8) is 0 Å². The molecule has 0 amide bonds. The Kier molecular flexibility index (Phi) is 6.65. The first-order valence-electron chi connectivity index (χ1n) is 16.5. The number of allylic oxidation sites excluding steroid dienone is 5. The third kappa shape index (κ3) is 4.46. The average Bonchev–Trinajstić information content (AvgIpc) is 3.55. The van der Waals surface area contributed by atoms with E-state index >= 15 is 0 Å². The summed E-state index contributed by atoms with van der Waals surface area (Å²) in [5.41, 5.74) is 11.6. The Morgan fingerprint density at radius 2 is 1.39 bits per heavy atom. The quantitative estimate of drug-likeness (QED) is 0.183. The van der Waals surface area contributed by atoms with Crippen molar-refractivity contribution in [1.82, 2.24) is 9.13 Å². The molecule has 49 heavy (non-hydrogen) atoms. The van der Waals surface area contributed by atoms with E-state index in [1.807, 2.05) is 48.5 Å². The van der Waals surface area contributed by atoms with E-state index in [1.54, 1.807) is 0 Å². The second-order valence-electron chi connectivity index (χ2n) is 12.4. The maximum atomic E-state index is 10.7. The molecule has 0 fully saturated rings. The molecule has 228 valence electrons. The van der Waals surface area contributed by atoms with Gasteiger partial charge in [0.2, 0.25) is 0 Å². The minimum Gasteiger partial charge on any atom is -0.309 e. The van der Waals surface area contributed by atoms with Gasteiger partial charge in [-0.05, 0) is 84.2 Å². The van der Waals surface area contributed by atoms with Crippen LogP contribution in [0.15, 0.2) is 133 Å². The Morgan fingerprint density at radius 3 is 2.12 bits per heavy atom. The van der Waals surface area contributed by atoms with Crippen LogP contribution in [0.25, 0.3) is 55.7 Å². The highest BCUT2D eigenvalue weighted by molar-refractivity contribution is 6.09. The summed E-state index contributed by atoms with van der Waals surface area (Å²) in [6.07, 6.45) is 12.6. The lowest BCUT2D eigenvalue weighted by Crippen LogP contribution is -2.04. The number of rotatable bonds is 4. The zero-order chi connectivity index (χ0) is 32.9. The zero-order valence-electron chi connectivity index (χ0n) is 26.6. The molecule has 2 heterocycles. The number of aryl methyl sites for hydroxylation is 1. The van der Waals surface area contributed by atoms with E-state index in [1.165, 1.54) is 16.6 Å². The Labute approximate surface area is 284 Å². The molecular weight excluding hydrogens is 597 g/mol. The van der Waals surface area contributed by atoms with Gasteiger partial charge in [-0.1, -0.05) is 96.8 Å². The molecule has 0 aliphatic heterocycles. The fourth-order valence-electron chi connectivity index (χ4n) is 7.64. The number of nitriles is 2. The molecule has 5 aromatic carbocycles. The summed E-state index contributed by atoms with van der Waals surface area (Å²) in [6.45, 7) is 0. The number of hydrogen-bond donors (Lipinski definition) is 0. The fraction of sp³-hybridized carbons (Fsp3) is 0.0667. The molecule has 4 heteroatoms. The molecule has 0 N–H and O–H groups in total. The van der Waals surface area contributed by atoms with E-state index in [0.717, 1.165) is 68.2 Å². The molecular formula is C45H28N4. The van der Waals surface area contributed by atoms with E-state index in [2.05, 4.69) is 124 Å². The van der Waals surface area contributed by atoms with Crippen LogP contribution in [-0.2, 0) is 6.42 Å². The van der Waals surface area contributed by atoms with E-state index in [4.69, 9.17) is 0 Å². The Hall–Kier alpha value is -6.80. The largest absolute Gasteiger partial charge is 0.309 e. The second-order valence-corrected chi connectivity index (χ2v) is 12.4. The molecule has 0 radical (unpaired) electrons. The lowest BCUT2D eigenvalue weighted by molar-refractivity contribution is 0.966. The van der Waals surface area contributed by atoms with Gasteiger partial charge in [0.25, 0.3) is 0 Å². The summed E-state index contributed by atoms with van der Waals surface area (Å²) >= 11 is 0. The highest BCUT2D eigenvalue weighted by Gasteiger charge is 2.23. The van der Waals surface area contributed by atoms with Crippen molar-refractivity contribution in [2.75, 3.05) is 0 Å². The van der Waals surface area contributed by atoms with Crippen LogP contribution in [0.1, 0.15) is 45.8 Å². The Bertz CT molecular complexity index is 2700. The smallest absolute Gasteiger partial charge is 0.102 e. The van der Waals surface area contributed by atoms with Gasteiger partial charge in [0, 0.05) is 27.4 Å². The standard InChI is InChI=1S/C45H28N4/c46-28-30-23-26-45(49-42-20-7-3-15-36(42)37-16-4-8-21-43(37)49)38(27-30)32-12-9-11-31(24-25-32)33-17-10-22-44(39(33)29-47)48-40-18-5-1-13-34(40)35-14-2-6-19-41(35)48/h1-3,5-8,10,12-15,17-27,31H,4,16H2. The minimum absolute atomic E-state index is 0.304. The van der Waals surface area contributed by atoms with E-state index < -0.39 is 0 Å². The highest BCUT2D eigenvalue weighted by Crippen LogP contribution is 2.38. The van der Waals surface area contributed by atoms with Gasteiger partial charge >= 0.3 is 0 Å². The zero-order valence-corrected chi connectivity index (χ0v) is 26.6. The molecule has 1 unspecified atom stereocenters. The maximum Gasteiger partial charge on any atom is 0.102 e. The van der Waals surface area contributed by atoms with Crippen molar-refractivity contribution in [1.29, 1.82) is 10.5 Å². The fourth-order valence-corrected chi connectivity index (χ4v) is 7.64. The first kappa shape index (κ1) is 28.4. The minimum atomic E-state index is -0.304. The van der Waals surface area contributed by atoms with Crippen LogP contribution < -0.4 is 0 Å². The van der Waals surface area contributed by atoms with Gasteiger partial charge in [-0.2, -0.15) is 10.5 Å². The Balaban J connectivity index is 1.17. The van der Waals surface area contributed by atoms with Crippen molar-refractivity contribution < 1.29 is 0 Å². The molecule has 2 aliphatic rings. The number of hydrogen-bond acceptors (Lipinski definition) is 2. The first-order valence-corrected chi connectivity index (χ1v) is 16.5. The molecule has 2 aliphatic carbocycles. The van der Waals surface area contributed by atoms with E-state index in [-0.39, 0.29) is 5.92 Å². The van der Waals surface area contributed by atoms with Crippen molar-refractivity contribution in [3.05, 3.63) is 167 Å². The number of aromatic nitrogens is 2. The highest BCUT2D eigenvalue weighted by atomic mass is 15.0. The molecule has 4 nitrogen and oxygen atoms in total. The predicted molar refractivity (Wildman–Crippen MR) is 198 cm³/mol. The SMILES string of the molecule is N#Cc1ccc(-n2c3c(c4ccccc42)CCC=C3)c(C2=CC#CC(c3cccc(-n4c5ccccc5c5ccccc54)c3C#N)C=C2)c1. The van der Waals surface area contributed by atoms with Crippen LogP contribution in [0.5, 0.6) is 0 Å². The molecule has 0 saturated heterocycles. The summed E-state index contributed by atoms with van der Waals surface area (Å²) in [5.74, 6) is 6.44. The summed E-state index contributed by atoms with van der Waals surface area (Å²) in [6, 6.07) is 42.1. The molecule has 0 bridgehead atoms. The molecule has 1 atom stereocenters. The lowest BCUT2D eigenvalue weighted by Gasteiger charge is -2.17. The first-order chi connectivity index (χ1) is 24.2. The maximum absolute atomic E-state index is 10.7. The number of para-hydroxylation sites is 3. The van der Waals surface area contributed by atoms with Crippen molar-refractivity contribution in [2.24, 2.45) is 0 Å². The van der Waals surface area contributed by atoms with Gasteiger partial charge in [0.15, 0.2) is 0 Å². The molecule has 2 aromatic heterocycles. The topological polar surface area (TPSA) is 57.4 Å². The van der Waals surface area contributed by atoms with Crippen LogP contribution in [0, 0.1) is 34.5 Å². The van der Waals surface area contributed by atoms with Crippen LogP contribution in [0.3, 0.4) is 0 Å². The Morgan fingerprint density at radius 1 is 0.673 bits per heavy atom. The summed E-state index contributed by atoms with van der Waals surface area (Å²) < 4.78 is 4.52. The van der Waals surface area contributed by atoms with Gasteiger partial charge in [0.1, 0.15) is 6.07 Å². The molecule has 0 saturated carbocycles. The molecule has 7 aromatic rings. The third-order valence-corrected chi connectivity index (χ3v) is 9.81. The normalized spacial score (nSPS) is 14.9. The van der Waals surface area contributed by atoms with Gasteiger partial charge in [-0.25, -0.2) is 0 Å². The number of benzene rings is 5. The van der Waals surface area contributed by atoms with Gasteiger partial charge in [-0.3, -0.25) is 0 Å². The summed E-state index contributed by atoms with van der Waals surface area (Å²) in [7, 11) is 0. The number of nitrogens with zero attached hydrogens (tertiary/aromatic N) is 4. The molecule has 9 rings (SSSR count). The van der Waals surface area contributed by atoms with Gasteiger partial charge < -0.3 is 9.13 Å². The lowest BCUT2D eigenvalue weighted by atomic mass is 9.92. The second kappa shape index (κ2) is 11.5. The van der Waals surface area contributed by atoms with Crippen LogP contribution in [-0.4, -0.2) is 9.13 Å². The average molecular weight is 625 g/mol. The number of fused-ring (bicyclic) bond motifs is 6. The van der Waals surface area contributed by atoms with Crippen molar-refractivity contribution in [3.8, 4) is 35.4 Å². The van der Waals surface area contributed by atoms with Gasteiger partial charge in [-0.15, -0.1) is 0 Å². The third-order valence-electron chi connectivity index (χ3n) is 9.81. The monoisotopic (exact) mass is 624 g/mol. The van der Waals surface area contributed by atoms with Gasteiger partial charge in [0.05, 0.1) is 51.0 Å². The van der Waals surface area contributed by atoms with Crippen LogP contribution in [0.2, 0.25) is 0 Å². The van der Waals surface area contributed by atoms with Crippen LogP contribution >= 0.6 is 0 Å². The van der Waals surface area contributed by atoms with E-state index in [0.29, 0.717) is 11.1 Å². The van der Waals surface area contributed by atoms with Crippen LogP contribution in [0.4, 0.5) is 0 Å². The summed E-state index contributed by atoms with van der Waals surface area (Å²) in [4.78, 5) is 0. The predicted octanol–water partition coefficient (Wildman–Crippen LogP) is 10.2. The molecule has 0 spiro atoms.